The van der Waals surface area contributed by atoms with Gasteiger partial charge in [0, 0.05) is 7.05 Å². The molecule has 0 radical (unpaired) electrons. The van der Waals surface area contributed by atoms with Crippen LogP contribution in [0, 0.1) is 0 Å². The van der Waals surface area contributed by atoms with E-state index in [0.717, 1.165) is 12.2 Å². The van der Waals surface area contributed by atoms with E-state index >= 15 is 0 Å². The number of carbonyl (C=O) groups is 1. The molecule has 8 heteroatoms. The number of hydrogen-bond acceptors (Lipinski definition) is 4. The highest BCUT2D eigenvalue weighted by Crippen LogP contribution is 2.50. The van der Waals surface area contributed by atoms with Crippen molar-refractivity contribution >= 4 is 5.91 Å². The van der Waals surface area contributed by atoms with Gasteiger partial charge in [0.25, 0.3) is 5.91 Å². The van der Waals surface area contributed by atoms with Crippen LogP contribution in [0.25, 0.3) is 0 Å². The second-order valence-electron chi connectivity index (χ2n) is 3.85. The van der Waals surface area contributed by atoms with Crippen LogP contribution in [0.2, 0.25) is 0 Å². The fourth-order valence-corrected chi connectivity index (χ4v) is 2.03. The SMILES string of the molecule is CNC(=O)C1=C(C(F)(F)F)C2(N)C=CC1(N)O2. The molecule has 0 aromatic rings. The summed E-state index contributed by atoms with van der Waals surface area (Å²) in [6, 6.07) is 0. The van der Waals surface area contributed by atoms with Gasteiger partial charge in [-0.3, -0.25) is 16.3 Å². The molecule has 2 rings (SSSR count). The van der Waals surface area contributed by atoms with E-state index in [-0.39, 0.29) is 0 Å². The molecule has 0 fully saturated rings. The predicted molar refractivity (Wildman–Crippen MR) is 51.2 cm³/mol. The van der Waals surface area contributed by atoms with Gasteiger partial charge < -0.3 is 10.1 Å². The van der Waals surface area contributed by atoms with Crippen LogP contribution in [-0.2, 0) is 9.53 Å². The number of amides is 1. The molecule has 2 bridgehead atoms. The molecule has 2 heterocycles. The average molecular weight is 249 g/mol. The van der Waals surface area contributed by atoms with Crippen LogP contribution in [0.1, 0.15) is 0 Å². The van der Waals surface area contributed by atoms with Gasteiger partial charge in [-0.1, -0.05) is 0 Å². The Labute approximate surface area is 94.3 Å². The maximum atomic E-state index is 12.9. The fourth-order valence-electron chi connectivity index (χ4n) is 2.03. The molecule has 0 spiro atoms. The molecule has 5 nitrogen and oxygen atoms in total. The summed E-state index contributed by atoms with van der Waals surface area (Å²) in [5, 5.41) is 2.09. The molecule has 94 valence electrons. The number of halogens is 3. The quantitative estimate of drug-likeness (QED) is 0.546. The van der Waals surface area contributed by atoms with Crippen molar-refractivity contribution in [2.24, 2.45) is 11.5 Å². The first kappa shape index (κ1) is 12.1. The lowest BCUT2D eigenvalue weighted by Crippen LogP contribution is -2.45. The normalized spacial score (nSPS) is 35.6. The summed E-state index contributed by atoms with van der Waals surface area (Å²) in [5.41, 5.74) is 4.98. The summed E-state index contributed by atoms with van der Waals surface area (Å²) in [7, 11) is 1.20. The monoisotopic (exact) mass is 249 g/mol. The molecule has 0 aromatic heterocycles. The first-order valence-corrected chi connectivity index (χ1v) is 4.67. The van der Waals surface area contributed by atoms with Crippen LogP contribution in [-0.4, -0.2) is 30.6 Å². The van der Waals surface area contributed by atoms with Gasteiger partial charge in [0.2, 0.25) is 0 Å². The minimum Gasteiger partial charge on any atom is -0.355 e. The second-order valence-corrected chi connectivity index (χ2v) is 3.85. The zero-order chi connectivity index (χ0) is 13.1. The largest absolute Gasteiger partial charge is 0.417 e. The Kier molecular flexibility index (Phi) is 2.20. The van der Waals surface area contributed by atoms with Crippen LogP contribution in [0.5, 0.6) is 0 Å². The number of alkyl halides is 3. The first-order valence-electron chi connectivity index (χ1n) is 4.67. The molecule has 5 N–H and O–H groups in total. The molecule has 2 aliphatic rings. The van der Waals surface area contributed by atoms with Crippen molar-refractivity contribution in [3.63, 3.8) is 0 Å². The van der Waals surface area contributed by atoms with Crippen molar-refractivity contribution < 1.29 is 22.7 Å². The summed E-state index contributed by atoms with van der Waals surface area (Å²) in [4.78, 5) is 11.5. The Morgan fingerprint density at radius 3 is 2.35 bits per heavy atom. The smallest absolute Gasteiger partial charge is 0.355 e. The second kappa shape index (κ2) is 3.09. The highest BCUT2D eigenvalue weighted by molar-refractivity contribution is 5.98. The molecular formula is C9H10F3N3O2. The van der Waals surface area contributed by atoms with Gasteiger partial charge in [0.1, 0.15) is 0 Å². The van der Waals surface area contributed by atoms with E-state index in [9.17, 15) is 18.0 Å². The molecular weight excluding hydrogens is 239 g/mol. The van der Waals surface area contributed by atoms with Crippen LogP contribution in [0.3, 0.4) is 0 Å². The van der Waals surface area contributed by atoms with Crippen molar-refractivity contribution in [2.45, 2.75) is 17.6 Å². The molecule has 2 unspecified atom stereocenters. The molecule has 0 saturated heterocycles. The number of rotatable bonds is 1. The number of carbonyl (C=O) groups excluding carboxylic acids is 1. The van der Waals surface area contributed by atoms with Gasteiger partial charge in [-0.25, -0.2) is 0 Å². The zero-order valence-electron chi connectivity index (χ0n) is 8.76. The lowest BCUT2D eigenvalue weighted by Gasteiger charge is -2.23. The van der Waals surface area contributed by atoms with Gasteiger partial charge >= 0.3 is 6.18 Å². The zero-order valence-corrected chi connectivity index (χ0v) is 8.76. The number of fused-ring (bicyclic) bond motifs is 2. The Morgan fingerprint density at radius 1 is 1.35 bits per heavy atom. The third kappa shape index (κ3) is 1.48. The highest BCUT2D eigenvalue weighted by atomic mass is 19.4. The summed E-state index contributed by atoms with van der Waals surface area (Å²) in [6.07, 6.45) is -2.64. The minimum absolute atomic E-state index is 0.697. The standard InChI is InChI=1S/C9H10F3N3O2/c1-15-6(16)4-5(9(10,11)12)8(14)3-2-7(4,13)17-8/h2-3H,13-14H2,1H3,(H,15,16). The first-order chi connectivity index (χ1) is 7.64. The number of hydrogen-bond donors (Lipinski definition) is 3. The van der Waals surface area contributed by atoms with E-state index in [4.69, 9.17) is 16.2 Å². The maximum absolute atomic E-state index is 12.9. The van der Waals surface area contributed by atoms with Gasteiger partial charge in [-0.05, 0) is 12.2 Å². The lowest BCUT2D eigenvalue weighted by atomic mass is 9.89. The summed E-state index contributed by atoms with van der Waals surface area (Å²) < 4.78 is 43.6. The third-order valence-corrected chi connectivity index (χ3v) is 2.69. The Morgan fingerprint density at radius 2 is 1.88 bits per heavy atom. The van der Waals surface area contributed by atoms with E-state index in [0.29, 0.717) is 0 Å². The van der Waals surface area contributed by atoms with E-state index in [1.807, 2.05) is 0 Å². The summed E-state index contributed by atoms with van der Waals surface area (Å²) in [6.45, 7) is 0. The Balaban J connectivity index is 2.66. The van der Waals surface area contributed by atoms with Gasteiger partial charge in [0.15, 0.2) is 11.4 Å². The molecule has 0 aliphatic carbocycles. The summed E-state index contributed by atoms with van der Waals surface area (Å²) >= 11 is 0. The van der Waals surface area contributed by atoms with Crippen LogP contribution in [0.15, 0.2) is 23.3 Å². The van der Waals surface area contributed by atoms with E-state index in [1.165, 1.54) is 7.05 Å². The van der Waals surface area contributed by atoms with Crippen molar-refractivity contribution in [3.05, 3.63) is 23.3 Å². The highest BCUT2D eigenvalue weighted by Gasteiger charge is 2.63. The predicted octanol–water partition coefficient (Wildman–Crippen LogP) is -0.499. The Hall–Kier alpha value is -1.38. The fraction of sp³-hybridized carbons (Fsp3) is 0.444. The molecule has 17 heavy (non-hydrogen) atoms. The van der Waals surface area contributed by atoms with Crippen molar-refractivity contribution in [2.75, 3.05) is 7.05 Å². The number of nitrogens with two attached hydrogens (primary N) is 2. The number of ether oxygens (including phenoxy) is 1. The van der Waals surface area contributed by atoms with Crippen molar-refractivity contribution in [3.8, 4) is 0 Å². The molecule has 1 amide bonds. The van der Waals surface area contributed by atoms with Gasteiger partial charge in [0.05, 0.1) is 11.1 Å². The van der Waals surface area contributed by atoms with Gasteiger partial charge in [-0.2, -0.15) is 13.2 Å². The minimum atomic E-state index is -4.79. The lowest BCUT2D eigenvalue weighted by molar-refractivity contribution is -0.119. The van der Waals surface area contributed by atoms with E-state index < -0.39 is 34.7 Å². The third-order valence-electron chi connectivity index (χ3n) is 2.69. The molecule has 0 aromatic carbocycles. The van der Waals surface area contributed by atoms with Crippen molar-refractivity contribution in [1.82, 2.24) is 5.32 Å². The van der Waals surface area contributed by atoms with Crippen molar-refractivity contribution in [1.29, 1.82) is 0 Å². The van der Waals surface area contributed by atoms with E-state index in [1.54, 1.807) is 0 Å². The van der Waals surface area contributed by atoms with Crippen LogP contribution in [0.4, 0.5) is 13.2 Å². The molecule has 0 saturated carbocycles. The molecule has 2 aliphatic heterocycles. The van der Waals surface area contributed by atoms with Crippen LogP contribution < -0.4 is 16.8 Å². The Bertz CT molecular complexity index is 457. The van der Waals surface area contributed by atoms with Crippen LogP contribution >= 0.6 is 0 Å². The summed E-state index contributed by atoms with van der Waals surface area (Å²) in [5.74, 6) is -0.962. The average Bonchev–Trinajstić information content (AvgIpc) is 2.61. The van der Waals surface area contributed by atoms with Gasteiger partial charge in [-0.15, -0.1) is 0 Å². The number of likely N-dealkylation sites (N-methyl/N-ethyl adjacent to an activating group) is 1. The topological polar surface area (TPSA) is 90.4 Å². The maximum Gasteiger partial charge on any atom is 0.417 e. The van der Waals surface area contributed by atoms with E-state index in [2.05, 4.69) is 5.32 Å². The number of nitrogens with one attached hydrogen (secondary N) is 1. The molecule has 2 atom stereocenters.